The summed E-state index contributed by atoms with van der Waals surface area (Å²) in [5, 5.41) is 9.33. The molecule has 0 bridgehead atoms. The highest BCUT2D eigenvalue weighted by Gasteiger charge is 2.09. The molecule has 0 spiro atoms. The predicted octanol–water partition coefficient (Wildman–Crippen LogP) is 4.41. The highest BCUT2D eigenvalue weighted by Crippen LogP contribution is 2.26. The molecule has 2 nitrogen and oxygen atoms in total. The molecule has 1 aromatic carbocycles. The molecule has 0 N–H and O–H groups in total. The van der Waals surface area contributed by atoms with Crippen molar-refractivity contribution in [2.75, 3.05) is 7.11 Å². The zero-order valence-electron chi connectivity index (χ0n) is 11.6. The fourth-order valence-electron chi connectivity index (χ4n) is 2.44. The smallest absolute Gasteiger partial charge is 0.121 e. The lowest BCUT2D eigenvalue weighted by molar-refractivity contribution is 0.411. The summed E-state index contributed by atoms with van der Waals surface area (Å²) in [5.41, 5.74) is 4.14. The number of rotatable bonds is 3. The van der Waals surface area contributed by atoms with Crippen molar-refractivity contribution in [1.29, 1.82) is 5.26 Å². The summed E-state index contributed by atoms with van der Waals surface area (Å²) in [5.74, 6) is 0.882. The van der Waals surface area contributed by atoms with Gasteiger partial charge in [-0.15, -0.1) is 0 Å². The fraction of sp³-hybridized carbons (Fsp3) is 0.353. The molecule has 1 aliphatic rings. The molecular formula is C17H19NO. The van der Waals surface area contributed by atoms with Crippen LogP contribution >= 0.6 is 0 Å². The predicted molar refractivity (Wildman–Crippen MR) is 77.9 cm³/mol. The van der Waals surface area contributed by atoms with Gasteiger partial charge in [-0.1, -0.05) is 12.1 Å². The number of nitrogens with zero attached hydrogens (tertiary/aromatic N) is 1. The molecule has 0 radical (unpaired) electrons. The van der Waals surface area contributed by atoms with Crippen LogP contribution < -0.4 is 4.74 Å². The van der Waals surface area contributed by atoms with E-state index in [1.807, 2.05) is 25.1 Å². The summed E-state index contributed by atoms with van der Waals surface area (Å²) in [4.78, 5) is 0. The van der Waals surface area contributed by atoms with Gasteiger partial charge in [0.05, 0.1) is 18.8 Å². The van der Waals surface area contributed by atoms with E-state index in [-0.39, 0.29) is 0 Å². The Morgan fingerprint density at radius 3 is 2.79 bits per heavy atom. The third-order valence-corrected chi connectivity index (χ3v) is 3.49. The first kappa shape index (κ1) is 13.4. The number of ether oxygens (including phenoxy) is 1. The van der Waals surface area contributed by atoms with Crippen LogP contribution in [-0.4, -0.2) is 7.11 Å². The van der Waals surface area contributed by atoms with Crippen molar-refractivity contribution in [3.63, 3.8) is 0 Å². The minimum absolute atomic E-state index is 0.796. The van der Waals surface area contributed by atoms with E-state index in [1.54, 1.807) is 7.11 Å². The van der Waals surface area contributed by atoms with E-state index in [9.17, 15) is 5.26 Å². The average Bonchev–Trinajstić information content (AvgIpc) is 2.46. The SMILES string of the molecule is COc1ccc(C=C(C#N)C2=CCCCC2)cc1C. The van der Waals surface area contributed by atoms with Gasteiger partial charge in [0.25, 0.3) is 0 Å². The largest absolute Gasteiger partial charge is 0.496 e. The Bertz CT molecular complexity index is 561. The molecule has 0 aromatic heterocycles. The monoisotopic (exact) mass is 253 g/mol. The highest BCUT2D eigenvalue weighted by molar-refractivity contribution is 5.65. The summed E-state index contributed by atoms with van der Waals surface area (Å²) in [6, 6.07) is 8.33. The molecule has 2 rings (SSSR count). The molecule has 2 heteroatoms. The van der Waals surface area contributed by atoms with Gasteiger partial charge in [-0.25, -0.2) is 0 Å². The Labute approximate surface area is 115 Å². The Kier molecular flexibility index (Phi) is 4.41. The summed E-state index contributed by atoms with van der Waals surface area (Å²) in [6.07, 6.45) is 8.72. The maximum absolute atomic E-state index is 9.33. The Morgan fingerprint density at radius 2 is 2.21 bits per heavy atom. The Morgan fingerprint density at radius 1 is 1.37 bits per heavy atom. The van der Waals surface area contributed by atoms with E-state index in [2.05, 4.69) is 18.2 Å². The van der Waals surface area contributed by atoms with Crippen molar-refractivity contribution in [1.82, 2.24) is 0 Å². The Balaban J connectivity index is 2.30. The van der Waals surface area contributed by atoms with Crippen LogP contribution in [0.1, 0.15) is 36.8 Å². The summed E-state index contributed by atoms with van der Waals surface area (Å²) in [6.45, 7) is 2.02. The molecule has 19 heavy (non-hydrogen) atoms. The maximum atomic E-state index is 9.33. The van der Waals surface area contributed by atoms with Crippen LogP contribution in [0, 0.1) is 18.3 Å². The molecule has 0 amide bonds. The second-order valence-electron chi connectivity index (χ2n) is 4.87. The van der Waals surface area contributed by atoms with Gasteiger partial charge < -0.3 is 4.74 Å². The number of allylic oxidation sites excluding steroid dienone is 3. The molecule has 0 heterocycles. The van der Waals surface area contributed by atoms with E-state index >= 15 is 0 Å². The van der Waals surface area contributed by atoms with Crippen molar-refractivity contribution in [2.24, 2.45) is 0 Å². The van der Waals surface area contributed by atoms with Gasteiger partial charge in [0.2, 0.25) is 0 Å². The summed E-state index contributed by atoms with van der Waals surface area (Å²) in [7, 11) is 1.67. The van der Waals surface area contributed by atoms with Crippen molar-refractivity contribution >= 4 is 6.08 Å². The first-order chi connectivity index (χ1) is 9.24. The highest BCUT2D eigenvalue weighted by atomic mass is 16.5. The zero-order valence-corrected chi connectivity index (χ0v) is 11.6. The number of hydrogen-bond donors (Lipinski definition) is 0. The van der Waals surface area contributed by atoms with Crippen molar-refractivity contribution < 1.29 is 4.74 Å². The minimum atomic E-state index is 0.796. The molecule has 98 valence electrons. The molecule has 1 aliphatic carbocycles. The van der Waals surface area contributed by atoms with Gasteiger partial charge in [0.1, 0.15) is 5.75 Å². The molecule has 0 saturated carbocycles. The maximum Gasteiger partial charge on any atom is 0.121 e. The van der Waals surface area contributed by atoms with Crippen molar-refractivity contribution in [3.05, 3.63) is 46.5 Å². The van der Waals surface area contributed by atoms with Crippen LogP contribution in [0.3, 0.4) is 0 Å². The third-order valence-electron chi connectivity index (χ3n) is 3.49. The van der Waals surface area contributed by atoms with Gasteiger partial charge in [-0.3, -0.25) is 0 Å². The molecule has 0 aliphatic heterocycles. The normalized spacial score (nSPS) is 15.6. The van der Waals surface area contributed by atoms with E-state index < -0.39 is 0 Å². The second-order valence-corrected chi connectivity index (χ2v) is 4.87. The van der Waals surface area contributed by atoms with Crippen molar-refractivity contribution in [3.8, 4) is 11.8 Å². The van der Waals surface area contributed by atoms with Gasteiger partial charge in [0, 0.05) is 0 Å². The first-order valence-electron chi connectivity index (χ1n) is 6.70. The number of methoxy groups -OCH3 is 1. The minimum Gasteiger partial charge on any atom is -0.496 e. The van der Waals surface area contributed by atoms with E-state index in [0.29, 0.717) is 0 Å². The number of nitriles is 1. The number of hydrogen-bond acceptors (Lipinski definition) is 2. The topological polar surface area (TPSA) is 33.0 Å². The lowest BCUT2D eigenvalue weighted by Crippen LogP contribution is -1.94. The lowest BCUT2D eigenvalue weighted by Gasteiger charge is -2.12. The van der Waals surface area contributed by atoms with Gasteiger partial charge in [-0.2, -0.15) is 5.26 Å². The van der Waals surface area contributed by atoms with Crippen molar-refractivity contribution in [2.45, 2.75) is 32.6 Å². The van der Waals surface area contributed by atoms with Crippen LogP contribution in [0.25, 0.3) is 6.08 Å². The summed E-state index contributed by atoms with van der Waals surface area (Å²) >= 11 is 0. The summed E-state index contributed by atoms with van der Waals surface area (Å²) < 4.78 is 5.25. The lowest BCUT2D eigenvalue weighted by atomic mass is 9.93. The van der Waals surface area contributed by atoms with E-state index in [1.165, 1.54) is 18.4 Å². The van der Waals surface area contributed by atoms with Gasteiger partial charge >= 0.3 is 0 Å². The van der Waals surface area contributed by atoms with Crippen LogP contribution in [0.15, 0.2) is 35.4 Å². The molecule has 0 atom stereocenters. The van der Waals surface area contributed by atoms with Crippen LogP contribution in [0.5, 0.6) is 5.75 Å². The van der Waals surface area contributed by atoms with Gasteiger partial charge in [0.15, 0.2) is 0 Å². The molecular weight excluding hydrogens is 234 g/mol. The first-order valence-corrected chi connectivity index (χ1v) is 6.70. The van der Waals surface area contributed by atoms with Crippen LogP contribution in [-0.2, 0) is 0 Å². The molecule has 0 fully saturated rings. The van der Waals surface area contributed by atoms with Gasteiger partial charge in [-0.05, 0) is 67.5 Å². The molecule has 0 unspecified atom stereocenters. The van der Waals surface area contributed by atoms with E-state index in [0.717, 1.165) is 35.3 Å². The molecule has 0 saturated heterocycles. The molecule has 1 aromatic rings. The standard InChI is InChI=1S/C17H19NO/c1-13-10-14(8-9-17(13)19-2)11-16(12-18)15-6-4-3-5-7-15/h6,8-11H,3-5,7H2,1-2H3. The number of benzene rings is 1. The second kappa shape index (κ2) is 6.24. The third kappa shape index (κ3) is 3.26. The average molecular weight is 253 g/mol. The Hall–Kier alpha value is -2.01. The fourth-order valence-corrected chi connectivity index (χ4v) is 2.44. The van der Waals surface area contributed by atoms with Crippen LogP contribution in [0.4, 0.5) is 0 Å². The number of aryl methyl sites for hydroxylation is 1. The quantitative estimate of drug-likeness (QED) is 0.747. The van der Waals surface area contributed by atoms with Crippen LogP contribution in [0.2, 0.25) is 0 Å². The van der Waals surface area contributed by atoms with E-state index in [4.69, 9.17) is 4.74 Å². The zero-order chi connectivity index (χ0) is 13.7.